The lowest BCUT2D eigenvalue weighted by Gasteiger charge is -2.23. The summed E-state index contributed by atoms with van der Waals surface area (Å²) in [7, 11) is 0. The molecule has 1 aromatic rings. The average molecular weight is 234 g/mol. The average Bonchev–Trinajstić information content (AvgIpc) is 2.58. The maximum Gasteiger partial charge on any atom is 0.398 e. The minimum Gasteiger partial charge on any atom is -0.321 e. The zero-order valence-electron chi connectivity index (χ0n) is 8.83. The molecule has 2 atom stereocenters. The fraction of sp³-hybridized carbons (Fsp3) is 0.778. The normalized spacial score (nSPS) is 22.9. The molecule has 7 heteroatoms. The van der Waals surface area contributed by atoms with Crippen molar-refractivity contribution in [2.45, 2.75) is 44.4 Å². The lowest BCUT2D eigenvalue weighted by atomic mass is 9.99. The molecule has 2 N–H and O–H groups in total. The fourth-order valence-corrected chi connectivity index (χ4v) is 1.87. The summed E-state index contributed by atoms with van der Waals surface area (Å²) in [5.74, 6) is -1.21. The van der Waals surface area contributed by atoms with Gasteiger partial charge in [0, 0.05) is 6.54 Å². The first kappa shape index (κ1) is 11.4. The Kier molecular flexibility index (Phi) is 2.65. The van der Waals surface area contributed by atoms with Crippen LogP contribution in [0.2, 0.25) is 0 Å². The van der Waals surface area contributed by atoms with E-state index < -0.39 is 18.1 Å². The van der Waals surface area contributed by atoms with Crippen molar-refractivity contribution in [2.75, 3.05) is 0 Å². The number of nitrogens with two attached hydrogens (primary N) is 1. The number of nitrogens with zero attached hydrogens (tertiary/aromatic N) is 3. The predicted octanol–water partition coefficient (Wildman–Crippen LogP) is 1.74. The second kappa shape index (κ2) is 3.73. The van der Waals surface area contributed by atoms with Gasteiger partial charge in [-0.05, 0) is 19.8 Å². The lowest BCUT2D eigenvalue weighted by molar-refractivity contribution is -0.156. The summed E-state index contributed by atoms with van der Waals surface area (Å²) in [5.41, 5.74) is 5.56. The van der Waals surface area contributed by atoms with Gasteiger partial charge in [0.05, 0.1) is 6.04 Å². The van der Waals surface area contributed by atoms with E-state index in [2.05, 4.69) is 10.1 Å². The van der Waals surface area contributed by atoms with E-state index in [-0.39, 0.29) is 18.1 Å². The predicted molar refractivity (Wildman–Crippen MR) is 50.7 cm³/mol. The van der Waals surface area contributed by atoms with Crippen LogP contribution in [0.15, 0.2) is 0 Å². The third-order valence-corrected chi connectivity index (χ3v) is 2.69. The molecule has 2 unspecified atom stereocenters. The van der Waals surface area contributed by atoms with E-state index in [1.807, 2.05) is 0 Å². The molecule has 0 amide bonds. The molecule has 90 valence electrons. The highest BCUT2D eigenvalue weighted by atomic mass is 19.4. The lowest BCUT2D eigenvalue weighted by Crippen LogP contribution is -2.28. The van der Waals surface area contributed by atoms with Crippen molar-refractivity contribution in [3.05, 3.63) is 11.6 Å². The number of aryl methyl sites for hydroxylation is 1. The van der Waals surface area contributed by atoms with Crippen LogP contribution in [0.1, 0.15) is 43.4 Å². The van der Waals surface area contributed by atoms with Crippen LogP contribution >= 0.6 is 0 Å². The summed E-state index contributed by atoms with van der Waals surface area (Å²) in [5, 5.41) is 3.99. The van der Waals surface area contributed by atoms with Gasteiger partial charge in [0.1, 0.15) is 11.7 Å². The second-order valence-corrected chi connectivity index (χ2v) is 4.08. The molecular formula is C9H13F3N4. The molecule has 0 bridgehead atoms. The summed E-state index contributed by atoms with van der Waals surface area (Å²) in [6.45, 7) is 2.14. The summed E-state index contributed by atoms with van der Waals surface area (Å²) in [4.78, 5) is 3.91. The monoisotopic (exact) mass is 234 g/mol. The third-order valence-electron chi connectivity index (χ3n) is 2.69. The van der Waals surface area contributed by atoms with Crippen LogP contribution in [0.4, 0.5) is 13.2 Å². The first-order valence-electron chi connectivity index (χ1n) is 5.16. The summed E-state index contributed by atoms with van der Waals surface area (Å²) in [6.07, 6.45) is -3.69. The molecule has 4 nitrogen and oxygen atoms in total. The van der Waals surface area contributed by atoms with Gasteiger partial charge >= 0.3 is 6.18 Å². The molecule has 16 heavy (non-hydrogen) atoms. The van der Waals surface area contributed by atoms with Crippen LogP contribution in [0.25, 0.3) is 0 Å². The molecule has 0 aromatic carbocycles. The quantitative estimate of drug-likeness (QED) is 0.805. The minimum atomic E-state index is -4.25. The van der Waals surface area contributed by atoms with Crippen molar-refractivity contribution >= 4 is 0 Å². The van der Waals surface area contributed by atoms with E-state index in [1.54, 1.807) is 6.92 Å². The van der Waals surface area contributed by atoms with E-state index >= 15 is 0 Å². The molecule has 0 aliphatic carbocycles. The second-order valence-electron chi connectivity index (χ2n) is 4.08. The van der Waals surface area contributed by atoms with E-state index in [4.69, 9.17) is 5.73 Å². The van der Waals surface area contributed by atoms with Crippen LogP contribution in [-0.4, -0.2) is 20.9 Å². The molecule has 2 heterocycles. The van der Waals surface area contributed by atoms with Crippen molar-refractivity contribution in [1.82, 2.24) is 14.8 Å². The zero-order valence-corrected chi connectivity index (χ0v) is 8.83. The van der Waals surface area contributed by atoms with Gasteiger partial charge in [-0.25, -0.2) is 9.67 Å². The van der Waals surface area contributed by atoms with Crippen molar-refractivity contribution in [3.63, 3.8) is 0 Å². The maximum atomic E-state index is 12.7. The SMILES string of the molecule is CC(N)c1nc2n(n1)CCCC2C(F)(F)F. The molecule has 0 saturated heterocycles. The number of hydrogen-bond donors (Lipinski definition) is 1. The number of rotatable bonds is 1. The van der Waals surface area contributed by atoms with Crippen LogP contribution < -0.4 is 5.73 Å². The van der Waals surface area contributed by atoms with Gasteiger partial charge < -0.3 is 5.73 Å². The summed E-state index contributed by atoms with van der Waals surface area (Å²) >= 11 is 0. The first-order chi connectivity index (χ1) is 7.39. The van der Waals surface area contributed by atoms with Gasteiger partial charge in [-0.2, -0.15) is 18.3 Å². The Labute approximate surface area is 90.6 Å². The molecular weight excluding hydrogens is 221 g/mol. The minimum absolute atomic E-state index is 0.00560. The maximum absolute atomic E-state index is 12.7. The number of hydrogen-bond acceptors (Lipinski definition) is 3. The van der Waals surface area contributed by atoms with Crippen molar-refractivity contribution in [2.24, 2.45) is 5.73 Å². The zero-order chi connectivity index (χ0) is 11.9. The molecule has 0 saturated carbocycles. The van der Waals surface area contributed by atoms with Gasteiger partial charge in [-0.3, -0.25) is 0 Å². The topological polar surface area (TPSA) is 56.7 Å². The molecule has 1 aromatic heterocycles. The van der Waals surface area contributed by atoms with E-state index in [0.29, 0.717) is 13.0 Å². The number of halogens is 3. The highest BCUT2D eigenvalue weighted by Gasteiger charge is 2.45. The Balaban J connectivity index is 2.38. The van der Waals surface area contributed by atoms with Crippen LogP contribution in [0.5, 0.6) is 0 Å². The molecule has 0 fully saturated rings. The van der Waals surface area contributed by atoms with Crippen molar-refractivity contribution in [1.29, 1.82) is 0 Å². The standard InChI is InChI=1S/C9H13F3N4/c1-5(13)7-14-8-6(9(10,11)12)3-2-4-16(8)15-7/h5-6H,2-4,13H2,1H3. The van der Waals surface area contributed by atoms with Crippen LogP contribution in [0, 0.1) is 0 Å². The van der Waals surface area contributed by atoms with Crippen LogP contribution in [0.3, 0.4) is 0 Å². The van der Waals surface area contributed by atoms with Gasteiger partial charge in [-0.1, -0.05) is 0 Å². The third kappa shape index (κ3) is 1.91. The smallest absolute Gasteiger partial charge is 0.321 e. The van der Waals surface area contributed by atoms with Gasteiger partial charge in [0.2, 0.25) is 0 Å². The van der Waals surface area contributed by atoms with Crippen molar-refractivity contribution in [3.8, 4) is 0 Å². The summed E-state index contributed by atoms with van der Waals surface area (Å²) < 4.78 is 39.5. The Morgan fingerprint density at radius 1 is 1.50 bits per heavy atom. The molecule has 1 aliphatic heterocycles. The summed E-state index contributed by atoms with van der Waals surface area (Å²) in [6, 6.07) is -0.438. The number of fused-ring (bicyclic) bond motifs is 1. The van der Waals surface area contributed by atoms with Crippen molar-refractivity contribution < 1.29 is 13.2 Å². The first-order valence-corrected chi connectivity index (χ1v) is 5.16. The number of aromatic nitrogens is 3. The largest absolute Gasteiger partial charge is 0.398 e. The van der Waals surface area contributed by atoms with Gasteiger partial charge in [-0.15, -0.1) is 0 Å². The van der Waals surface area contributed by atoms with E-state index in [1.165, 1.54) is 4.68 Å². The Hall–Kier alpha value is -1.11. The Bertz CT molecular complexity index is 383. The highest BCUT2D eigenvalue weighted by Crippen LogP contribution is 2.39. The molecule has 2 rings (SSSR count). The molecule has 0 spiro atoms. The Morgan fingerprint density at radius 3 is 2.75 bits per heavy atom. The van der Waals surface area contributed by atoms with E-state index in [9.17, 15) is 13.2 Å². The van der Waals surface area contributed by atoms with Crippen LogP contribution in [-0.2, 0) is 6.54 Å². The fourth-order valence-electron chi connectivity index (χ4n) is 1.87. The Morgan fingerprint density at radius 2 is 2.19 bits per heavy atom. The van der Waals surface area contributed by atoms with Gasteiger partial charge in [0.25, 0.3) is 0 Å². The molecule has 1 aliphatic rings. The van der Waals surface area contributed by atoms with Gasteiger partial charge in [0.15, 0.2) is 5.82 Å². The number of alkyl halides is 3. The van der Waals surface area contributed by atoms with E-state index in [0.717, 1.165) is 0 Å². The highest BCUT2D eigenvalue weighted by molar-refractivity contribution is 5.07. The molecule has 0 radical (unpaired) electrons.